The van der Waals surface area contributed by atoms with E-state index in [2.05, 4.69) is 9.71 Å². The summed E-state index contributed by atoms with van der Waals surface area (Å²) in [5.74, 6) is 0. The zero-order chi connectivity index (χ0) is 12.2. The predicted octanol–water partition coefficient (Wildman–Crippen LogP) is 0.784. The SMILES string of the molecule is CCC(CO)NS(=O)(=O)c1cnccc1Cl. The van der Waals surface area contributed by atoms with E-state index in [9.17, 15) is 8.42 Å². The van der Waals surface area contributed by atoms with Crippen molar-refractivity contribution in [1.82, 2.24) is 9.71 Å². The molecule has 0 bridgehead atoms. The Hall–Kier alpha value is -0.690. The van der Waals surface area contributed by atoms with Gasteiger partial charge in [-0.15, -0.1) is 0 Å². The average Bonchev–Trinajstić information content (AvgIpc) is 2.26. The molecule has 1 aromatic rings. The van der Waals surface area contributed by atoms with E-state index in [0.717, 1.165) is 0 Å². The van der Waals surface area contributed by atoms with Gasteiger partial charge in [-0.1, -0.05) is 18.5 Å². The van der Waals surface area contributed by atoms with Crippen molar-refractivity contribution in [2.24, 2.45) is 0 Å². The number of hydrogen-bond donors (Lipinski definition) is 2. The van der Waals surface area contributed by atoms with Crippen molar-refractivity contribution in [2.45, 2.75) is 24.3 Å². The first-order chi connectivity index (χ1) is 7.51. The van der Waals surface area contributed by atoms with Crippen LogP contribution in [0.25, 0.3) is 0 Å². The molecule has 1 heterocycles. The first-order valence-corrected chi connectivity index (χ1v) is 6.60. The van der Waals surface area contributed by atoms with Crippen LogP contribution in [0.4, 0.5) is 0 Å². The highest BCUT2D eigenvalue weighted by molar-refractivity contribution is 7.89. The molecule has 5 nitrogen and oxygen atoms in total. The Labute approximate surface area is 99.5 Å². The van der Waals surface area contributed by atoms with Crippen LogP contribution in [0.2, 0.25) is 5.02 Å². The maximum atomic E-state index is 11.8. The number of hydrogen-bond acceptors (Lipinski definition) is 4. The van der Waals surface area contributed by atoms with Gasteiger partial charge in [-0.2, -0.15) is 0 Å². The summed E-state index contributed by atoms with van der Waals surface area (Å²) in [5, 5.41) is 9.04. The molecular weight excluding hydrogens is 252 g/mol. The number of aromatic nitrogens is 1. The maximum Gasteiger partial charge on any atom is 0.243 e. The van der Waals surface area contributed by atoms with Crippen LogP contribution < -0.4 is 4.72 Å². The van der Waals surface area contributed by atoms with E-state index in [4.69, 9.17) is 16.7 Å². The Bertz CT molecular complexity index is 446. The topological polar surface area (TPSA) is 79.3 Å². The second-order valence-corrected chi connectivity index (χ2v) is 5.30. The molecule has 7 heteroatoms. The minimum atomic E-state index is -3.72. The summed E-state index contributed by atoms with van der Waals surface area (Å²) < 4.78 is 26.0. The van der Waals surface area contributed by atoms with E-state index < -0.39 is 16.1 Å². The summed E-state index contributed by atoms with van der Waals surface area (Å²) in [6.07, 6.45) is 3.08. The lowest BCUT2D eigenvalue weighted by Crippen LogP contribution is -2.37. The smallest absolute Gasteiger partial charge is 0.243 e. The van der Waals surface area contributed by atoms with Gasteiger partial charge >= 0.3 is 0 Å². The number of halogens is 1. The number of sulfonamides is 1. The van der Waals surface area contributed by atoms with E-state index >= 15 is 0 Å². The van der Waals surface area contributed by atoms with Crippen molar-refractivity contribution in [1.29, 1.82) is 0 Å². The summed E-state index contributed by atoms with van der Waals surface area (Å²) in [6.45, 7) is 1.52. The second kappa shape index (κ2) is 5.58. The van der Waals surface area contributed by atoms with Gasteiger partial charge in [-0.3, -0.25) is 4.98 Å². The normalized spacial score (nSPS) is 13.7. The van der Waals surface area contributed by atoms with Gasteiger partial charge in [-0.05, 0) is 12.5 Å². The summed E-state index contributed by atoms with van der Waals surface area (Å²) in [4.78, 5) is 3.62. The van der Waals surface area contributed by atoms with Crippen molar-refractivity contribution < 1.29 is 13.5 Å². The lowest BCUT2D eigenvalue weighted by Gasteiger charge is -2.14. The number of nitrogens with one attached hydrogen (secondary N) is 1. The Kier molecular flexibility index (Phi) is 4.67. The van der Waals surface area contributed by atoms with Crippen LogP contribution in [0.5, 0.6) is 0 Å². The van der Waals surface area contributed by atoms with Crippen LogP contribution >= 0.6 is 11.6 Å². The summed E-state index contributed by atoms with van der Waals surface area (Å²) in [6, 6.07) is 0.886. The molecule has 1 atom stereocenters. The van der Waals surface area contributed by atoms with E-state index in [0.29, 0.717) is 6.42 Å². The maximum absolute atomic E-state index is 11.8. The highest BCUT2D eigenvalue weighted by atomic mass is 35.5. The molecule has 0 aliphatic rings. The number of aliphatic hydroxyl groups is 1. The van der Waals surface area contributed by atoms with Gasteiger partial charge in [0, 0.05) is 18.4 Å². The van der Waals surface area contributed by atoms with Gasteiger partial charge in [0.15, 0.2) is 0 Å². The molecule has 0 saturated heterocycles. The largest absolute Gasteiger partial charge is 0.395 e. The van der Waals surface area contributed by atoms with Crippen molar-refractivity contribution in [3.8, 4) is 0 Å². The summed E-state index contributed by atoms with van der Waals surface area (Å²) in [7, 11) is -3.72. The highest BCUT2D eigenvalue weighted by Crippen LogP contribution is 2.19. The standard InChI is InChI=1S/C9H13ClN2O3S/c1-2-7(6-13)12-16(14,15)9-5-11-4-3-8(9)10/h3-5,7,12-13H,2,6H2,1H3. The Balaban J connectivity index is 2.99. The van der Waals surface area contributed by atoms with Gasteiger partial charge in [0.1, 0.15) is 4.90 Å². The Morgan fingerprint density at radius 2 is 2.31 bits per heavy atom. The van der Waals surface area contributed by atoms with Gasteiger partial charge in [-0.25, -0.2) is 13.1 Å². The molecule has 0 aliphatic heterocycles. The van der Waals surface area contributed by atoms with E-state index in [1.54, 1.807) is 6.92 Å². The molecule has 1 unspecified atom stereocenters. The van der Waals surface area contributed by atoms with Crippen LogP contribution in [-0.4, -0.2) is 31.2 Å². The molecule has 2 N–H and O–H groups in total. The van der Waals surface area contributed by atoms with Crippen molar-refractivity contribution in [3.63, 3.8) is 0 Å². The van der Waals surface area contributed by atoms with E-state index in [1.165, 1.54) is 18.5 Å². The van der Waals surface area contributed by atoms with Crippen LogP contribution in [0, 0.1) is 0 Å². The number of aliphatic hydroxyl groups excluding tert-OH is 1. The highest BCUT2D eigenvalue weighted by Gasteiger charge is 2.21. The second-order valence-electron chi connectivity index (χ2n) is 3.22. The van der Waals surface area contributed by atoms with Crippen molar-refractivity contribution in [2.75, 3.05) is 6.61 Å². The molecule has 0 saturated carbocycles. The molecule has 1 rings (SSSR count). The quantitative estimate of drug-likeness (QED) is 0.824. The Morgan fingerprint density at radius 1 is 1.62 bits per heavy atom. The molecule has 0 radical (unpaired) electrons. The van der Waals surface area contributed by atoms with Gasteiger partial charge < -0.3 is 5.11 Å². The van der Waals surface area contributed by atoms with Crippen LogP contribution in [-0.2, 0) is 10.0 Å². The molecule has 0 fully saturated rings. The predicted molar refractivity (Wildman–Crippen MR) is 60.7 cm³/mol. The third-order valence-electron chi connectivity index (χ3n) is 2.06. The average molecular weight is 265 g/mol. The summed E-state index contributed by atoms with van der Waals surface area (Å²) in [5.41, 5.74) is 0. The minimum absolute atomic E-state index is 0.0800. The van der Waals surface area contributed by atoms with Crippen LogP contribution in [0.15, 0.2) is 23.4 Å². The third-order valence-corrected chi connectivity index (χ3v) is 4.05. The first kappa shape index (κ1) is 13.4. The monoisotopic (exact) mass is 264 g/mol. The van der Waals surface area contributed by atoms with Crippen molar-refractivity contribution >= 4 is 21.6 Å². The fourth-order valence-electron chi connectivity index (χ4n) is 1.09. The number of pyridine rings is 1. The zero-order valence-electron chi connectivity index (χ0n) is 8.72. The molecule has 0 aromatic carbocycles. The van der Waals surface area contributed by atoms with Crippen molar-refractivity contribution in [3.05, 3.63) is 23.5 Å². The minimum Gasteiger partial charge on any atom is -0.395 e. The fourth-order valence-corrected chi connectivity index (χ4v) is 2.83. The van der Waals surface area contributed by atoms with E-state index in [-0.39, 0.29) is 16.5 Å². The molecule has 0 aliphatic carbocycles. The summed E-state index contributed by atoms with van der Waals surface area (Å²) >= 11 is 5.76. The molecule has 0 spiro atoms. The zero-order valence-corrected chi connectivity index (χ0v) is 10.3. The van der Waals surface area contributed by atoms with E-state index in [1.807, 2.05) is 0 Å². The number of rotatable bonds is 5. The van der Waals surface area contributed by atoms with Gasteiger partial charge in [0.25, 0.3) is 0 Å². The molecule has 1 aromatic heterocycles. The molecule has 0 amide bonds. The molecule has 90 valence electrons. The van der Waals surface area contributed by atoms with Crippen LogP contribution in [0.1, 0.15) is 13.3 Å². The first-order valence-electron chi connectivity index (χ1n) is 4.74. The third kappa shape index (κ3) is 3.15. The lowest BCUT2D eigenvalue weighted by atomic mass is 10.3. The van der Waals surface area contributed by atoms with Gasteiger partial charge in [0.05, 0.1) is 11.6 Å². The van der Waals surface area contributed by atoms with Crippen LogP contribution in [0.3, 0.4) is 0 Å². The molecule has 16 heavy (non-hydrogen) atoms. The number of nitrogens with zero attached hydrogens (tertiary/aromatic N) is 1. The molecular formula is C9H13ClN2O3S. The van der Waals surface area contributed by atoms with Gasteiger partial charge in [0.2, 0.25) is 10.0 Å². The lowest BCUT2D eigenvalue weighted by molar-refractivity contribution is 0.254. The Morgan fingerprint density at radius 3 is 2.81 bits per heavy atom. The fraction of sp³-hybridized carbons (Fsp3) is 0.444.